The van der Waals surface area contributed by atoms with Crippen LogP contribution in [0, 0.1) is 11.3 Å². The van der Waals surface area contributed by atoms with Crippen molar-refractivity contribution < 1.29 is 9.90 Å². The third-order valence-electron chi connectivity index (χ3n) is 8.17. The Morgan fingerprint density at radius 2 is 1.81 bits per heavy atom. The molecule has 4 atom stereocenters. The number of aliphatic hydroxyl groups is 1. The molecule has 3 aromatic rings. The standard InChI is InChI=1S/C30H41N3O3/c1-21-14-15-30(2,19-24(18-25(34)16-21)23-8-6-5-7-9-23)20-31-28(35)13-11-22-10-12-26-27(17-22)33(4)29(36)32(26)3/h5-10,12,17,21,24-25,34H,11,13-16,18-20H2,1-4H3,(H,31,35)/t21-,24-,25+,30+/m1/s1. The Labute approximate surface area is 214 Å². The first-order chi connectivity index (χ1) is 17.1. The van der Waals surface area contributed by atoms with Crippen LogP contribution in [0.1, 0.15) is 69.4 Å². The molecule has 1 aliphatic rings. The summed E-state index contributed by atoms with van der Waals surface area (Å²) >= 11 is 0. The maximum absolute atomic E-state index is 12.9. The van der Waals surface area contributed by atoms with Gasteiger partial charge in [0.15, 0.2) is 0 Å². The number of aliphatic hydroxyl groups excluding tert-OH is 1. The van der Waals surface area contributed by atoms with E-state index in [9.17, 15) is 14.7 Å². The van der Waals surface area contributed by atoms with Crippen LogP contribution in [0.5, 0.6) is 0 Å². The van der Waals surface area contributed by atoms with Crippen LogP contribution in [0.3, 0.4) is 0 Å². The number of hydrogen-bond acceptors (Lipinski definition) is 3. The minimum atomic E-state index is -0.288. The number of amides is 1. The highest BCUT2D eigenvalue weighted by molar-refractivity contribution is 5.78. The second-order valence-corrected chi connectivity index (χ2v) is 11.4. The van der Waals surface area contributed by atoms with E-state index in [2.05, 4.69) is 43.4 Å². The fraction of sp³-hybridized carbons (Fsp3) is 0.533. The fourth-order valence-electron chi connectivity index (χ4n) is 5.89. The van der Waals surface area contributed by atoms with E-state index in [1.165, 1.54) is 5.56 Å². The van der Waals surface area contributed by atoms with Crippen molar-refractivity contribution >= 4 is 16.9 Å². The molecule has 0 radical (unpaired) electrons. The average Bonchev–Trinajstić information content (AvgIpc) is 3.11. The number of imidazole rings is 1. The van der Waals surface area contributed by atoms with E-state index < -0.39 is 0 Å². The van der Waals surface area contributed by atoms with Crippen LogP contribution in [0.2, 0.25) is 0 Å². The zero-order valence-corrected chi connectivity index (χ0v) is 22.2. The van der Waals surface area contributed by atoms with E-state index in [1.54, 1.807) is 23.2 Å². The largest absolute Gasteiger partial charge is 0.393 e. The number of hydrogen-bond donors (Lipinski definition) is 2. The molecule has 2 aromatic carbocycles. The number of aromatic nitrogens is 2. The Morgan fingerprint density at radius 3 is 2.56 bits per heavy atom. The highest BCUT2D eigenvalue weighted by atomic mass is 16.3. The average molecular weight is 492 g/mol. The summed E-state index contributed by atoms with van der Waals surface area (Å²) in [5.74, 6) is 0.800. The normalized spacial score (nSPS) is 25.2. The molecule has 1 amide bonds. The van der Waals surface area contributed by atoms with Crippen molar-refractivity contribution in [1.29, 1.82) is 0 Å². The highest BCUT2D eigenvalue weighted by Crippen LogP contribution is 2.41. The molecule has 6 heteroatoms. The third kappa shape index (κ3) is 6.09. The minimum Gasteiger partial charge on any atom is -0.393 e. The lowest BCUT2D eigenvalue weighted by molar-refractivity contribution is -0.121. The Bertz CT molecular complexity index is 1250. The molecule has 0 unspecified atom stereocenters. The number of carbonyl (C=O) groups is 1. The first-order valence-electron chi connectivity index (χ1n) is 13.3. The highest BCUT2D eigenvalue weighted by Gasteiger charge is 2.33. The molecule has 0 saturated heterocycles. The minimum absolute atomic E-state index is 0.0320. The van der Waals surface area contributed by atoms with E-state index in [4.69, 9.17) is 0 Å². The van der Waals surface area contributed by atoms with E-state index in [0.29, 0.717) is 25.3 Å². The molecule has 1 saturated carbocycles. The summed E-state index contributed by atoms with van der Waals surface area (Å²) in [5, 5.41) is 13.9. The molecule has 0 spiro atoms. The maximum Gasteiger partial charge on any atom is 0.328 e. The maximum atomic E-state index is 12.9. The zero-order chi connectivity index (χ0) is 25.9. The number of benzene rings is 2. The van der Waals surface area contributed by atoms with Gasteiger partial charge in [-0.25, -0.2) is 4.79 Å². The third-order valence-corrected chi connectivity index (χ3v) is 8.17. The molecule has 0 bridgehead atoms. The number of aryl methyl sites for hydroxylation is 3. The molecular weight excluding hydrogens is 450 g/mol. The van der Waals surface area contributed by atoms with Gasteiger partial charge in [-0.05, 0) is 72.6 Å². The summed E-state index contributed by atoms with van der Waals surface area (Å²) in [5.41, 5.74) is 4.04. The predicted octanol–water partition coefficient (Wildman–Crippen LogP) is 4.68. The summed E-state index contributed by atoms with van der Waals surface area (Å²) in [6.07, 6.45) is 5.40. The number of rotatable bonds is 6. The smallest absolute Gasteiger partial charge is 0.328 e. The van der Waals surface area contributed by atoms with Gasteiger partial charge in [-0.1, -0.05) is 56.7 Å². The van der Waals surface area contributed by atoms with Crippen LogP contribution < -0.4 is 11.0 Å². The fourth-order valence-corrected chi connectivity index (χ4v) is 5.89. The lowest BCUT2D eigenvalue weighted by Gasteiger charge is -2.34. The van der Waals surface area contributed by atoms with Gasteiger partial charge in [0.05, 0.1) is 17.1 Å². The van der Waals surface area contributed by atoms with Gasteiger partial charge in [-0.3, -0.25) is 13.9 Å². The Hall–Kier alpha value is -2.86. The SMILES string of the molecule is C[C@@H]1CC[C@](C)(CNC(=O)CCc2ccc3c(c2)n(C)c(=O)n3C)C[C@H](c2ccccc2)C[C@@H](O)C1. The molecule has 1 heterocycles. The lowest BCUT2D eigenvalue weighted by atomic mass is 9.74. The molecule has 1 aromatic heterocycles. The van der Waals surface area contributed by atoms with Crippen LogP contribution in [0.4, 0.5) is 0 Å². The molecule has 1 aliphatic carbocycles. The van der Waals surface area contributed by atoms with E-state index in [0.717, 1.165) is 48.7 Å². The van der Waals surface area contributed by atoms with Gasteiger partial charge in [-0.15, -0.1) is 0 Å². The molecule has 1 fully saturated rings. The molecule has 4 rings (SSSR count). The predicted molar refractivity (Wildman–Crippen MR) is 145 cm³/mol. The van der Waals surface area contributed by atoms with E-state index in [-0.39, 0.29) is 29.0 Å². The summed E-state index contributed by atoms with van der Waals surface area (Å²) in [6, 6.07) is 16.5. The van der Waals surface area contributed by atoms with Crippen molar-refractivity contribution in [2.45, 2.75) is 70.8 Å². The first kappa shape index (κ1) is 26.2. The van der Waals surface area contributed by atoms with Crippen LogP contribution in [-0.2, 0) is 25.3 Å². The van der Waals surface area contributed by atoms with Gasteiger partial charge in [0.25, 0.3) is 0 Å². The summed E-state index contributed by atoms with van der Waals surface area (Å²) in [7, 11) is 3.56. The van der Waals surface area contributed by atoms with E-state index >= 15 is 0 Å². The van der Waals surface area contributed by atoms with Crippen molar-refractivity contribution in [1.82, 2.24) is 14.5 Å². The Morgan fingerprint density at radius 1 is 1.08 bits per heavy atom. The van der Waals surface area contributed by atoms with Crippen LogP contribution >= 0.6 is 0 Å². The van der Waals surface area contributed by atoms with Gasteiger partial charge >= 0.3 is 5.69 Å². The molecule has 6 nitrogen and oxygen atoms in total. The molecule has 2 N–H and O–H groups in total. The van der Waals surface area contributed by atoms with Crippen LogP contribution in [0.15, 0.2) is 53.3 Å². The van der Waals surface area contributed by atoms with Gasteiger partial charge < -0.3 is 10.4 Å². The quantitative estimate of drug-likeness (QED) is 0.526. The molecule has 36 heavy (non-hydrogen) atoms. The Kier molecular flexibility index (Phi) is 8.04. The number of fused-ring (bicyclic) bond motifs is 1. The van der Waals surface area contributed by atoms with Crippen LogP contribution in [0.25, 0.3) is 11.0 Å². The van der Waals surface area contributed by atoms with Crippen molar-refractivity contribution in [2.75, 3.05) is 6.54 Å². The summed E-state index contributed by atoms with van der Waals surface area (Å²) < 4.78 is 3.30. The van der Waals surface area contributed by atoms with Gasteiger partial charge in [0, 0.05) is 27.1 Å². The van der Waals surface area contributed by atoms with E-state index in [1.807, 2.05) is 24.3 Å². The van der Waals surface area contributed by atoms with Gasteiger partial charge in [0.2, 0.25) is 5.91 Å². The molecule has 194 valence electrons. The first-order valence-corrected chi connectivity index (χ1v) is 13.3. The summed E-state index contributed by atoms with van der Waals surface area (Å²) in [4.78, 5) is 25.1. The zero-order valence-electron chi connectivity index (χ0n) is 22.2. The molecule has 0 aliphatic heterocycles. The van der Waals surface area contributed by atoms with Gasteiger partial charge in [-0.2, -0.15) is 0 Å². The van der Waals surface area contributed by atoms with Crippen molar-refractivity contribution in [3.63, 3.8) is 0 Å². The number of carbonyl (C=O) groups excluding carboxylic acids is 1. The second-order valence-electron chi connectivity index (χ2n) is 11.4. The van der Waals surface area contributed by atoms with Gasteiger partial charge in [0.1, 0.15) is 0 Å². The molecular formula is C30H41N3O3. The number of nitrogens with zero attached hydrogens (tertiary/aromatic N) is 2. The van der Waals surface area contributed by atoms with Crippen LogP contribution in [-0.4, -0.2) is 32.8 Å². The van der Waals surface area contributed by atoms with Crippen molar-refractivity contribution in [3.8, 4) is 0 Å². The lowest BCUT2D eigenvalue weighted by Crippen LogP contribution is -2.37. The Balaban J connectivity index is 1.40. The summed E-state index contributed by atoms with van der Waals surface area (Å²) in [6.45, 7) is 5.16. The van der Waals surface area contributed by atoms with Crippen molar-refractivity contribution in [3.05, 3.63) is 70.1 Å². The second kappa shape index (κ2) is 11.0. The number of nitrogens with one attached hydrogen (secondary N) is 1. The topological polar surface area (TPSA) is 76.3 Å². The monoisotopic (exact) mass is 491 g/mol. The van der Waals surface area contributed by atoms with Crippen molar-refractivity contribution in [2.24, 2.45) is 25.4 Å².